The molecular weight excluding hydrogens is 219 g/mol. The van der Waals surface area contributed by atoms with E-state index in [1.165, 1.54) is 4.90 Å². The molecule has 6 heteroatoms. The first-order valence-corrected chi connectivity index (χ1v) is 5.64. The number of rotatable bonds is 8. The van der Waals surface area contributed by atoms with Crippen LogP contribution < -0.4 is 5.73 Å². The molecule has 0 aromatic carbocycles. The van der Waals surface area contributed by atoms with Crippen molar-refractivity contribution < 1.29 is 13.2 Å². The summed E-state index contributed by atoms with van der Waals surface area (Å²) in [5.41, 5.74) is 5.30. The summed E-state index contributed by atoms with van der Waals surface area (Å²) in [4.78, 5) is 3.46. The van der Waals surface area contributed by atoms with Crippen LogP contribution >= 0.6 is 0 Å². The van der Waals surface area contributed by atoms with Gasteiger partial charge in [0.2, 0.25) is 0 Å². The molecule has 0 saturated heterocycles. The number of nitrogens with zero attached hydrogens (tertiary/aromatic N) is 2. The van der Waals surface area contributed by atoms with Crippen molar-refractivity contribution in [2.45, 2.75) is 20.0 Å². The Hall–Kier alpha value is -0.330. The fourth-order valence-electron chi connectivity index (χ4n) is 1.53. The van der Waals surface area contributed by atoms with E-state index in [0.717, 1.165) is 13.1 Å². The molecule has 0 radical (unpaired) electrons. The Morgan fingerprint density at radius 2 is 1.44 bits per heavy atom. The number of hydrogen-bond acceptors (Lipinski definition) is 3. The predicted octanol–water partition coefficient (Wildman–Crippen LogP) is 1.15. The van der Waals surface area contributed by atoms with Crippen molar-refractivity contribution in [3.8, 4) is 0 Å². The molecule has 0 aliphatic carbocycles. The average Bonchev–Trinajstić information content (AvgIpc) is 2.17. The number of halogens is 3. The lowest BCUT2D eigenvalue weighted by Crippen LogP contribution is -2.42. The smallest absolute Gasteiger partial charge is 0.329 e. The first-order valence-electron chi connectivity index (χ1n) is 5.64. The maximum Gasteiger partial charge on any atom is 0.401 e. The van der Waals surface area contributed by atoms with Gasteiger partial charge in [-0.15, -0.1) is 0 Å². The van der Waals surface area contributed by atoms with Gasteiger partial charge in [-0.25, -0.2) is 0 Å². The highest BCUT2D eigenvalue weighted by molar-refractivity contribution is 4.66. The summed E-state index contributed by atoms with van der Waals surface area (Å²) in [7, 11) is 0. The van der Waals surface area contributed by atoms with Gasteiger partial charge in [-0.2, -0.15) is 13.2 Å². The van der Waals surface area contributed by atoms with Gasteiger partial charge in [0, 0.05) is 26.2 Å². The van der Waals surface area contributed by atoms with Gasteiger partial charge in [0.05, 0.1) is 6.54 Å². The minimum Gasteiger partial charge on any atom is -0.329 e. The maximum atomic E-state index is 12.2. The van der Waals surface area contributed by atoms with Crippen LogP contribution in [0.4, 0.5) is 13.2 Å². The molecule has 0 amide bonds. The third-order valence-corrected chi connectivity index (χ3v) is 2.48. The van der Waals surface area contributed by atoms with Gasteiger partial charge in [0.1, 0.15) is 0 Å². The molecule has 0 fully saturated rings. The molecule has 98 valence electrons. The highest BCUT2D eigenvalue weighted by atomic mass is 19.4. The van der Waals surface area contributed by atoms with E-state index in [0.29, 0.717) is 19.6 Å². The van der Waals surface area contributed by atoms with Crippen LogP contribution in [0, 0.1) is 0 Å². The molecule has 0 unspecified atom stereocenters. The normalized spacial score (nSPS) is 12.8. The van der Waals surface area contributed by atoms with E-state index in [1.54, 1.807) is 0 Å². The van der Waals surface area contributed by atoms with Crippen molar-refractivity contribution >= 4 is 0 Å². The quantitative estimate of drug-likeness (QED) is 0.692. The van der Waals surface area contributed by atoms with Gasteiger partial charge in [0.15, 0.2) is 0 Å². The Balaban J connectivity index is 4.02. The molecule has 0 aromatic rings. The zero-order valence-electron chi connectivity index (χ0n) is 10.1. The van der Waals surface area contributed by atoms with Gasteiger partial charge in [0.25, 0.3) is 0 Å². The predicted molar refractivity (Wildman–Crippen MR) is 59.3 cm³/mol. The Labute approximate surface area is 95.4 Å². The first kappa shape index (κ1) is 15.7. The molecule has 0 aromatic heterocycles. The number of hydrogen-bond donors (Lipinski definition) is 1. The average molecular weight is 241 g/mol. The molecule has 0 aliphatic rings. The van der Waals surface area contributed by atoms with Crippen molar-refractivity contribution in [1.29, 1.82) is 0 Å². The molecule has 0 saturated carbocycles. The molecule has 0 atom stereocenters. The van der Waals surface area contributed by atoms with Gasteiger partial charge in [-0.1, -0.05) is 13.8 Å². The molecule has 2 N–H and O–H groups in total. The Morgan fingerprint density at radius 3 is 1.81 bits per heavy atom. The standard InChI is InChI=1S/C10H22F3N3/c1-3-15(4-2)7-8-16(6-5-14)9-10(11,12)13/h3-9,14H2,1-2H3. The van der Waals surface area contributed by atoms with Crippen LogP contribution in [0.25, 0.3) is 0 Å². The molecular formula is C10H22F3N3. The van der Waals surface area contributed by atoms with Crippen molar-refractivity contribution in [1.82, 2.24) is 9.80 Å². The maximum absolute atomic E-state index is 12.2. The Bertz CT molecular complexity index is 169. The number of nitrogens with two attached hydrogens (primary N) is 1. The van der Waals surface area contributed by atoms with E-state index in [2.05, 4.69) is 4.90 Å². The lowest BCUT2D eigenvalue weighted by molar-refractivity contribution is -0.146. The summed E-state index contributed by atoms with van der Waals surface area (Å²) < 4.78 is 36.7. The van der Waals surface area contributed by atoms with E-state index in [9.17, 15) is 13.2 Å². The second-order valence-electron chi connectivity index (χ2n) is 3.71. The van der Waals surface area contributed by atoms with Crippen LogP contribution in [0.15, 0.2) is 0 Å². The fraction of sp³-hybridized carbons (Fsp3) is 1.00. The summed E-state index contributed by atoms with van der Waals surface area (Å²) in [5.74, 6) is 0. The van der Waals surface area contributed by atoms with Gasteiger partial charge >= 0.3 is 6.18 Å². The van der Waals surface area contributed by atoms with Crippen LogP contribution in [0.3, 0.4) is 0 Å². The minimum atomic E-state index is -4.14. The van der Waals surface area contributed by atoms with E-state index in [-0.39, 0.29) is 6.54 Å². The minimum absolute atomic E-state index is 0.258. The molecule has 0 aliphatic heterocycles. The second kappa shape index (κ2) is 7.86. The van der Waals surface area contributed by atoms with Crippen LogP contribution in [-0.4, -0.2) is 61.8 Å². The van der Waals surface area contributed by atoms with Gasteiger partial charge < -0.3 is 10.6 Å². The van der Waals surface area contributed by atoms with Crippen LogP contribution in [-0.2, 0) is 0 Å². The molecule has 0 spiro atoms. The number of likely N-dealkylation sites (N-methyl/N-ethyl adjacent to an activating group) is 1. The third kappa shape index (κ3) is 7.90. The zero-order valence-corrected chi connectivity index (χ0v) is 10.1. The van der Waals surface area contributed by atoms with Crippen molar-refractivity contribution in [2.24, 2.45) is 5.73 Å². The molecule has 0 heterocycles. The molecule has 0 rings (SSSR count). The van der Waals surface area contributed by atoms with E-state index < -0.39 is 12.7 Å². The zero-order chi connectivity index (χ0) is 12.6. The molecule has 3 nitrogen and oxygen atoms in total. The summed E-state index contributed by atoms with van der Waals surface area (Å²) in [5, 5.41) is 0. The second-order valence-corrected chi connectivity index (χ2v) is 3.71. The SMILES string of the molecule is CCN(CC)CCN(CCN)CC(F)(F)F. The van der Waals surface area contributed by atoms with Crippen molar-refractivity contribution in [3.05, 3.63) is 0 Å². The highest BCUT2D eigenvalue weighted by Gasteiger charge is 2.30. The van der Waals surface area contributed by atoms with E-state index in [1.807, 2.05) is 13.8 Å². The monoisotopic (exact) mass is 241 g/mol. The summed E-state index contributed by atoms with van der Waals surface area (Å²) in [6, 6.07) is 0. The highest BCUT2D eigenvalue weighted by Crippen LogP contribution is 2.15. The summed E-state index contributed by atoms with van der Waals surface area (Å²) >= 11 is 0. The number of alkyl halides is 3. The van der Waals surface area contributed by atoms with Crippen LogP contribution in [0.1, 0.15) is 13.8 Å². The molecule has 0 bridgehead atoms. The van der Waals surface area contributed by atoms with Gasteiger partial charge in [-0.3, -0.25) is 4.90 Å². The summed E-state index contributed by atoms with van der Waals surface area (Å²) in [6.45, 7) is 6.47. The first-order chi connectivity index (χ1) is 7.42. The third-order valence-electron chi connectivity index (χ3n) is 2.48. The lowest BCUT2D eigenvalue weighted by Gasteiger charge is -2.26. The van der Waals surface area contributed by atoms with Crippen LogP contribution in [0.2, 0.25) is 0 Å². The molecule has 16 heavy (non-hydrogen) atoms. The van der Waals surface area contributed by atoms with Crippen LogP contribution in [0.5, 0.6) is 0 Å². The van der Waals surface area contributed by atoms with Crippen molar-refractivity contribution in [2.75, 3.05) is 45.8 Å². The fourth-order valence-corrected chi connectivity index (χ4v) is 1.53. The van der Waals surface area contributed by atoms with E-state index in [4.69, 9.17) is 5.73 Å². The largest absolute Gasteiger partial charge is 0.401 e. The lowest BCUT2D eigenvalue weighted by atomic mass is 10.4. The summed E-state index contributed by atoms with van der Waals surface area (Å²) in [6.07, 6.45) is -4.14. The topological polar surface area (TPSA) is 32.5 Å². The Morgan fingerprint density at radius 1 is 0.938 bits per heavy atom. The van der Waals surface area contributed by atoms with Gasteiger partial charge in [-0.05, 0) is 13.1 Å². The Kier molecular flexibility index (Phi) is 7.70. The van der Waals surface area contributed by atoms with E-state index >= 15 is 0 Å². The van der Waals surface area contributed by atoms with Crippen molar-refractivity contribution in [3.63, 3.8) is 0 Å².